The van der Waals surface area contributed by atoms with Crippen LogP contribution in [-0.2, 0) is 80.8 Å². The molecule has 9 aromatic carbocycles. The summed E-state index contributed by atoms with van der Waals surface area (Å²) in [5, 5.41) is 23.5. The van der Waals surface area contributed by atoms with Crippen molar-refractivity contribution in [1.82, 2.24) is 25.1 Å². The molecule has 498 valence electrons. The van der Waals surface area contributed by atoms with Crippen molar-refractivity contribution in [1.29, 1.82) is 0 Å². The van der Waals surface area contributed by atoms with Gasteiger partial charge in [-0.05, 0) is 156 Å². The maximum Gasteiger partial charge on any atom is 0.318 e. The summed E-state index contributed by atoms with van der Waals surface area (Å²) in [5.74, 6) is 1.02. The van der Waals surface area contributed by atoms with E-state index >= 15 is 0 Å². The van der Waals surface area contributed by atoms with Crippen molar-refractivity contribution in [3.63, 3.8) is 0 Å². The molecule has 0 N–H and O–H groups in total. The molecule has 0 atom stereocenters. The van der Waals surface area contributed by atoms with Gasteiger partial charge in [-0.15, -0.1) is 4.68 Å². The molecule has 11 nitrogen and oxygen atoms in total. The number of rotatable bonds is 6. The Hall–Kier alpha value is -10.1. The van der Waals surface area contributed by atoms with E-state index in [0.29, 0.717) is 0 Å². The molecule has 0 aliphatic heterocycles. The maximum absolute atomic E-state index is 4.60. The Morgan fingerprint density at radius 2 is 0.786 bits per heavy atom. The van der Waals surface area contributed by atoms with Gasteiger partial charge in [0.05, 0.1) is 29.6 Å². The Morgan fingerprint density at radius 3 is 1.39 bits per heavy atom. The van der Waals surface area contributed by atoms with Crippen LogP contribution in [0.4, 0.5) is 0 Å². The zero-order valence-electron chi connectivity index (χ0n) is 61.9. The highest BCUT2D eigenvalue weighted by Gasteiger charge is 2.22. The molecule has 0 unspecified atom stereocenters. The van der Waals surface area contributed by atoms with E-state index in [0.717, 1.165) is 77.8 Å². The number of nitrogens with zero attached hydrogens (tertiary/aromatic N) is 11. The summed E-state index contributed by atoms with van der Waals surface area (Å²) >= 11 is 0. The molecule has 6 aromatic heterocycles. The third kappa shape index (κ3) is 14.3. The maximum atomic E-state index is 4.60. The molecule has 0 spiro atoms. The molecule has 15 aromatic rings. The molecule has 11 heteroatoms. The first-order chi connectivity index (χ1) is 47.2. The summed E-state index contributed by atoms with van der Waals surface area (Å²) in [5.41, 5.74) is 25.2. The van der Waals surface area contributed by atoms with Crippen LogP contribution in [0.15, 0.2) is 176 Å². The highest BCUT2D eigenvalue weighted by atomic mass is 15.3. The minimum Gasteiger partial charge on any atom is -0.240 e. The fraction of sp³-hybridized carbons (Fsp3) is 0.299. The van der Waals surface area contributed by atoms with Crippen molar-refractivity contribution in [2.24, 2.45) is 42.3 Å². The van der Waals surface area contributed by atoms with Crippen LogP contribution in [0.25, 0.3) is 97.9 Å². The van der Waals surface area contributed by atoms with Crippen molar-refractivity contribution in [2.45, 2.75) is 135 Å². The molecule has 98 heavy (non-hydrogen) atoms. The van der Waals surface area contributed by atoms with Crippen LogP contribution >= 0.6 is 0 Å². The standard InChI is InChI=1S/C18H20N.2C16H17N2.C14H18N.C12H15N2.C11H14N3/c1-5-17-13(3)12(2)16-10-14-8-6-7-9-15(14)11-18(16)19(17)4;1-4-15-14-9-12-7-5-6-8-13(12)11(2)16(14)17-10-18(15)3;1-4-16-15-10-13-8-6-5-7-12(13)9-14(15)11(2)17-18(16)3;1-5-13-11(3)10(2)12-8-6-7-9-14(12)15(13)4;1-4-11-9(2)13-10-7-5-6-8-12(10)14(11)3;1-4-10-12-11-8(2)6-5-7-9(11)13-14(10)3/h6-11H,5H2,1-4H3;2*5-10H,4H2,1-3H3;6-9H,5H2,1-4H3;5-8H,4H2,1-3H3;5-7H,4H2,1-3H3/q6*+1. The molecule has 0 bridgehead atoms. The normalized spacial score (nSPS) is 11.1. The Bertz CT molecular complexity index is 5440. The van der Waals surface area contributed by atoms with Crippen molar-refractivity contribution in [3.8, 4) is 0 Å². The first kappa shape index (κ1) is 70.7. The molecular weight excluding hydrogens is 1200 g/mol. The molecule has 0 radical (unpaired) electrons. The van der Waals surface area contributed by atoms with E-state index in [1.807, 2.05) is 48.0 Å². The van der Waals surface area contributed by atoms with E-state index < -0.39 is 0 Å². The van der Waals surface area contributed by atoms with Gasteiger partial charge in [0.1, 0.15) is 50.8 Å². The van der Waals surface area contributed by atoms with Crippen molar-refractivity contribution < 1.29 is 27.6 Å². The van der Waals surface area contributed by atoms with Crippen LogP contribution < -0.4 is 27.6 Å². The molecule has 15 rings (SSSR count). The molecule has 0 fully saturated rings. The molecular formula is C87H101N11+6. The first-order valence-corrected chi connectivity index (χ1v) is 35.1. The average Bonchev–Trinajstić information content (AvgIpc) is 0.696. The monoisotopic (exact) mass is 1300 g/mol. The summed E-state index contributed by atoms with van der Waals surface area (Å²) in [6.45, 7) is 30.4. The Labute approximate surface area is 580 Å². The van der Waals surface area contributed by atoms with Gasteiger partial charge in [-0.1, -0.05) is 161 Å². The lowest BCUT2D eigenvalue weighted by Crippen LogP contribution is -2.39. The van der Waals surface area contributed by atoms with Gasteiger partial charge in [-0.3, -0.25) is 0 Å². The Morgan fingerprint density at radius 1 is 0.306 bits per heavy atom. The van der Waals surface area contributed by atoms with E-state index in [1.54, 1.807) is 0 Å². The second-order valence-electron chi connectivity index (χ2n) is 26.0. The number of hydrogen-bond donors (Lipinski definition) is 0. The van der Waals surface area contributed by atoms with E-state index in [1.165, 1.54) is 138 Å². The van der Waals surface area contributed by atoms with Crippen molar-refractivity contribution in [3.05, 3.63) is 255 Å². The van der Waals surface area contributed by atoms with Crippen molar-refractivity contribution in [2.75, 3.05) is 0 Å². The third-order valence-corrected chi connectivity index (χ3v) is 20.2. The zero-order valence-corrected chi connectivity index (χ0v) is 61.9. The smallest absolute Gasteiger partial charge is 0.240 e. The van der Waals surface area contributed by atoms with E-state index in [-0.39, 0.29) is 0 Å². The van der Waals surface area contributed by atoms with Gasteiger partial charge in [0.2, 0.25) is 33.5 Å². The van der Waals surface area contributed by atoms with Crippen LogP contribution in [0, 0.1) is 55.4 Å². The average molecular weight is 1300 g/mol. The summed E-state index contributed by atoms with van der Waals surface area (Å²) in [4.78, 5) is 13.8. The molecule has 6 heterocycles. The number of benzene rings is 9. The highest BCUT2D eigenvalue weighted by Crippen LogP contribution is 2.30. The van der Waals surface area contributed by atoms with E-state index in [2.05, 4.69) is 320 Å². The van der Waals surface area contributed by atoms with E-state index in [9.17, 15) is 0 Å². The second kappa shape index (κ2) is 30.9. The topological polar surface area (TPSA) is 87.7 Å². The summed E-state index contributed by atoms with van der Waals surface area (Å²) < 4.78 is 12.9. The first-order valence-electron chi connectivity index (χ1n) is 35.1. The van der Waals surface area contributed by atoms with Crippen LogP contribution in [0.5, 0.6) is 0 Å². The lowest BCUT2D eigenvalue weighted by atomic mass is 9.98. The summed E-state index contributed by atoms with van der Waals surface area (Å²) in [7, 11) is 12.5. The SMILES string of the molecule is CCc1c(C)c(C)c2cc3ccccc3cc2[n+]1C.CCc1c(C)c(C)c2ccccc2[n+]1C.CCc1c(C)nc2ccccc2[n+]1C.CCc1c2cc3ccccc3c(C)c2nc[n+]1C.CCc1c2cc3ccccc3cc2c(C)n[n+]1C.CCc1nc2c(C)cccc2n[n+]1C. The third-order valence-electron chi connectivity index (χ3n) is 20.2. The van der Waals surface area contributed by atoms with Gasteiger partial charge in [0.25, 0.3) is 6.33 Å². The number of pyridine rings is 2. The number of fused-ring (bicyclic) bond motifs is 9. The number of para-hydroxylation sites is 4. The van der Waals surface area contributed by atoms with Crippen LogP contribution in [0.3, 0.4) is 0 Å². The lowest BCUT2D eigenvalue weighted by Gasteiger charge is -2.10. The minimum absolute atomic E-state index is 0.910. The molecule has 0 saturated carbocycles. The van der Waals surface area contributed by atoms with Gasteiger partial charge in [0.15, 0.2) is 29.5 Å². The fourth-order valence-corrected chi connectivity index (χ4v) is 14.6. The van der Waals surface area contributed by atoms with Crippen LogP contribution in [0.2, 0.25) is 0 Å². The molecule has 0 aliphatic rings. The highest BCUT2D eigenvalue weighted by molar-refractivity contribution is 6.02. The molecule has 0 saturated heterocycles. The van der Waals surface area contributed by atoms with E-state index in [4.69, 9.17) is 0 Å². The van der Waals surface area contributed by atoms with Crippen molar-refractivity contribution >= 4 is 97.9 Å². The largest absolute Gasteiger partial charge is 0.318 e. The molecule has 0 amide bonds. The van der Waals surface area contributed by atoms with Crippen LogP contribution in [-0.4, -0.2) is 25.1 Å². The summed E-state index contributed by atoms with van der Waals surface area (Å²) in [6, 6.07) is 60.0. The van der Waals surface area contributed by atoms with Gasteiger partial charge >= 0.3 is 5.82 Å². The van der Waals surface area contributed by atoms with Gasteiger partial charge < -0.3 is 0 Å². The Kier molecular flexibility index (Phi) is 22.3. The van der Waals surface area contributed by atoms with Gasteiger partial charge in [-0.25, -0.2) is 9.55 Å². The number of aryl methyl sites for hydroxylation is 15. The quantitative estimate of drug-likeness (QED) is 0.122. The van der Waals surface area contributed by atoms with Gasteiger partial charge in [0, 0.05) is 83.3 Å². The van der Waals surface area contributed by atoms with Gasteiger partial charge in [-0.2, -0.15) is 13.7 Å². The second-order valence-corrected chi connectivity index (χ2v) is 26.0. The lowest BCUT2D eigenvalue weighted by molar-refractivity contribution is -0.738. The van der Waals surface area contributed by atoms with Crippen LogP contribution in [0.1, 0.15) is 121 Å². The zero-order chi connectivity index (χ0) is 70.2. The predicted octanol–water partition coefficient (Wildman–Crippen LogP) is 16.3. The predicted molar refractivity (Wildman–Crippen MR) is 406 cm³/mol. The number of aromatic nitrogens is 11. The minimum atomic E-state index is 0.910. The number of hydrogen-bond acceptors (Lipinski definition) is 5. The fourth-order valence-electron chi connectivity index (χ4n) is 14.6. The molecule has 0 aliphatic carbocycles. The Balaban J connectivity index is 0.000000128. The summed E-state index contributed by atoms with van der Waals surface area (Å²) in [6.07, 6.45) is 8.04.